The first-order valence-corrected chi connectivity index (χ1v) is 10.5. The summed E-state index contributed by atoms with van der Waals surface area (Å²) in [7, 11) is 0. The number of rotatable bonds is 5. The second-order valence-electron chi connectivity index (χ2n) is 6.78. The number of carbonyl (C=O) groups excluding carboxylic acids is 1. The molecule has 152 valence electrons. The molecule has 0 aliphatic rings. The molecule has 0 fully saturated rings. The zero-order valence-electron chi connectivity index (χ0n) is 16.3. The van der Waals surface area contributed by atoms with E-state index in [-0.39, 0.29) is 17.2 Å². The minimum atomic E-state index is -0.288. The van der Waals surface area contributed by atoms with Gasteiger partial charge in [0.25, 0.3) is 5.56 Å². The molecule has 1 amide bonds. The predicted molar refractivity (Wildman–Crippen MR) is 119 cm³/mol. The van der Waals surface area contributed by atoms with Crippen LogP contribution in [0.3, 0.4) is 0 Å². The van der Waals surface area contributed by atoms with Gasteiger partial charge in [0, 0.05) is 11.6 Å². The van der Waals surface area contributed by atoms with Crippen LogP contribution in [0.5, 0.6) is 0 Å². The average Bonchev–Trinajstić information content (AvgIpc) is 3.09. The van der Waals surface area contributed by atoms with Crippen molar-refractivity contribution < 1.29 is 4.79 Å². The van der Waals surface area contributed by atoms with Crippen LogP contribution in [0.2, 0.25) is 5.02 Å². The highest BCUT2D eigenvalue weighted by Gasteiger charge is 2.15. The van der Waals surface area contributed by atoms with Crippen LogP contribution in [0.25, 0.3) is 17.0 Å². The van der Waals surface area contributed by atoms with Gasteiger partial charge < -0.3 is 5.32 Å². The molecule has 0 atom stereocenters. The minimum absolute atomic E-state index is 0.0870. The summed E-state index contributed by atoms with van der Waals surface area (Å²) in [6.07, 6.45) is 0. The third kappa shape index (κ3) is 4.24. The number of hydrogen-bond donors (Lipinski definition) is 2. The first kappa shape index (κ1) is 20.2. The summed E-state index contributed by atoms with van der Waals surface area (Å²) in [5, 5.41) is 6.42. The van der Waals surface area contributed by atoms with Crippen LogP contribution < -0.4 is 10.9 Å². The van der Waals surface area contributed by atoms with Gasteiger partial charge in [-0.2, -0.15) is 0 Å². The normalized spacial score (nSPS) is 11.0. The van der Waals surface area contributed by atoms with Crippen molar-refractivity contribution in [2.75, 3.05) is 11.1 Å². The third-order valence-corrected chi connectivity index (χ3v) is 5.69. The maximum absolute atomic E-state index is 12.5. The van der Waals surface area contributed by atoms with Gasteiger partial charge in [0.15, 0.2) is 16.6 Å². The van der Waals surface area contributed by atoms with E-state index in [0.29, 0.717) is 27.3 Å². The smallest absolute Gasteiger partial charge is 0.266 e. The number of H-pyrrole nitrogens is 1. The second kappa shape index (κ2) is 8.33. The first-order valence-electron chi connectivity index (χ1n) is 9.15. The SMILES string of the molecule is Cc1ccc(NC(=O)CSc2nc(-c3ccccc3C)nc3cc(=O)[nH]n23)c(Cl)c1. The molecule has 2 aromatic carbocycles. The summed E-state index contributed by atoms with van der Waals surface area (Å²) in [5.74, 6) is 0.352. The summed E-state index contributed by atoms with van der Waals surface area (Å²) < 4.78 is 1.49. The number of fused-ring (bicyclic) bond motifs is 1. The van der Waals surface area contributed by atoms with E-state index >= 15 is 0 Å². The van der Waals surface area contributed by atoms with Gasteiger partial charge in [-0.1, -0.05) is 53.7 Å². The molecule has 0 radical (unpaired) electrons. The molecule has 0 aliphatic heterocycles. The predicted octanol–water partition coefficient (Wildman–Crippen LogP) is 4.09. The maximum atomic E-state index is 12.5. The highest BCUT2D eigenvalue weighted by atomic mass is 35.5. The van der Waals surface area contributed by atoms with Crippen molar-refractivity contribution in [3.63, 3.8) is 0 Å². The van der Waals surface area contributed by atoms with Crippen molar-refractivity contribution in [1.29, 1.82) is 0 Å². The number of carbonyl (C=O) groups is 1. The fraction of sp³-hybridized carbons (Fsp3) is 0.143. The van der Waals surface area contributed by atoms with Crippen LogP contribution >= 0.6 is 23.4 Å². The van der Waals surface area contributed by atoms with Crippen LogP contribution in [-0.4, -0.2) is 31.2 Å². The van der Waals surface area contributed by atoms with Crippen molar-refractivity contribution in [3.8, 4) is 11.4 Å². The molecule has 0 spiro atoms. The number of aryl methyl sites for hydroxylation is 2. The highest BCUT2D eigenvalue weighted by molar-refractivity contribution is 7.99. The quantitative estimate of drug-likeness (QED) is 0.457. The molecule has 0 saturated carbocycles. The minimum Gasteiger partial charge on any atom is -0.324 e. The monoisotopic (exact) mass is 439 g/mol. The van der Waals surface area contributed by atoms with Crippen LogP contribution in [-0.2, 0) is 4.79 Å². The Bertz CT molecular complexity index is 1310. The molecule has 9 heteroatoms. The molecular formula is C21H18ClN5O2S. The Morgan fingerprint density at radius 2 is 1.97 bits per heavy atom. The van der Waals surface area contributed by atoms with Gasteiger partial charge in [0.1, 0.15) is 0 Å². The lowest BCUT2D eigenvalue weighted by molar-refractivity contribution is -0.113. The van der Waals surface area contributed by atoms with Crippen molar-refractivity contribution in [3.05, 3.63) is 75.0 Å². The fourth-order valence-corrected chi connectivity index (χ4v) is 4.00. The van der Waals surface area contributed by atoms with E-state index in [1.54, 1.807) is 12.1 Å². The van der Waals surface area contributed by atoms with E-state index in [1.165, 1.54) is 22.3 Å². The zero-order chi connectivity index (χ0) is 21.3. The number of hydrogen-bond acceptors (Lipinski definition) is 5. The maximum Gasteiger partial charge on any atom is 0.266 e. The molecule has 0 bridgehead atoms. The molecule has 2 heterocycles. The Morgan fingerprint density at radius 1 is 1.17 bits per heavy atom. The van der Waals surface area contributed by atoms with E-state index in [2.05, 4.69) is 20.4 Å². The Hall–Kier alpha value is -3.10. The molecular weight excluding hydrogens is 422 g/mol. The zero-order valence-corrected chi connectivity index (χ0v) is 17.8. The molecule has 4 rings (SSSR count). The number of nitrogens with one attached hydrogen (secondary N) is 2. The summed E-state index contributed by atoms with van der Waals surface area (Å²) in [6.45, 7) is 3.90. The number of halogens is 1. The van der Waals surface area contributed by atoms with Gasteiger partial charge in [0.05, 0.1) is 16.5 Å². The molecule has 4 aromatic rings. The number of aromatic nitrogens is 4. The van der Waals surface area contributed by atoms with Crippen molar-refractivity contribution >= 4 is 40.6 Å². The van der Waals surface area contributed by atoms with Gasteiger partial charge in [-0.3, -0.25) is 14.7 Å². The summed E-state index contributed by atoms with van der Waals surface area (Å²) in [4.78, 5) is 33.4. The van der Waals surface area contributed by atoms with E-state index in [0.717, 1.165) is 16.7 Å². The van der Waals surface area contributed by atoms with Gasteiger partial charge >= 0.3 is 0 Å². The van der Waals surface area contributed by atoms with Crippen molar-refractivity contribution in [2.24, 2.45) is 0 Å². The fourth-order valence-electron chi connectivity index (χ4n) is 2.96. The van der Waals surface area contributed by atoms with Crippen molar-refractivity contribution in [2.45, 2.75) is 19.0 Å². The largest absolute Gasteiger partial charge is 0.324 e. The van der Waals surface area contributed by atoms with Crippen LogP contribution in [0.15, 0.2) is 58.5 Å². The molecule has 7 nitrogen and oxygen atoms in total. The first-order chi connectivity index (χ1) is 14.4. The van der Waals surface area contributed by atoms with E-state index in [1.807, 2.05) is 44.2 Å². The lowest BCUT2D eigenvalue weighted by Gasteiger charge is -2.10. The van der Waals surface area contributed by atoms with E-state index < -0.39 is 0 Å². The van der Waals surface area contributed by atoms with Gasteiger partial charge in [-0.25, -0.2) is 14.5 Å². The van der Waals surface area contributed by atoms with Crippen LogP contribution in [0.1, 0.15) is 11.1 Å². The van der Waals surface area contributed by atoms with Crippen molar-refractivity contribution in [1.82, 2.24) is 19.6 Å². The Kier molecular flexibility index (Phi) is 5.61. The van der Waals surface area contributed by atoms with E-state index in [4.69, 9.17) is 11.6 Å². The molecule has 2 aromatic heterocycles. The topological polar surface area (TPSA) is 92.2 Å². The number of anilines is 1. The van der Waals surface area contributed by atoms with Crippen LogP contribution in [0.4, 0.5) is 5.69 Å². The lowest BCUT2D eigenvalue weighted by Crippen LogP contribution is -2.15. The van der Waals surface area contributed by atoms with Gasteiger partial charge in [-0.05, 0) is 37.1 Å². The summed E-state index contributed by atoms with van der Waals surface area (Å²) in [6, 6.07) is 14.6. The molecule has 0 saturated heterocycles. The van der Waals surface area contributed by atoms with Gasteiger partial charge in [0.2, 0.25) is 5.91 Å². The standard InChI is InChI=1S/C21H18ClN5O2S/c1-12-7-8-16(15(22)9-12)23-19(29)11-30-21-25-20(14-6-4-3-5-13(14)2)24-17-10-18(28)26-27(17)21/h3-10H,11H2,1-2H3,(H,23,29)(H,26,28). The molecule has 0 aliphatic carbocycles. The summed E-state index contributed by atoms with van der Waals surface area (Å²) in [5.41, 5.74) is 3.60. The molecule has 2 N–H and O–H groups in total. The lowest BCUT2D eigenvalue weighted by atomic mass is 10.1. The third-order valence-electron chi connectivity index (χ3n) is 4.44. The number of nitrogens with zero attached hydrogens (tertiary/aromatic N) is 3. The summed E-state index contributed by atoms with van der Waals surface area (Å²) >= 11 is 7.39. The number of benzene rings is 2. The highest BCUT2D eigenvalue weighted by Crippen LogP contribution is 2.25. The van der Waals surface area contributed by atoms with E-state index in [9.17, 15) is 9.59 Å². The average molecular weight is 440 g/mol. The number of aromatic amines is 1. The number of amides is 1. The Labute approximate surface area is 181 Å². The number of thioether (sulfide) groups is 1. The van der Waals surface area contributed by atoms with Crippen LogP contribution in [0, 0.1) is 13.8 Å². The van der Waals surface area contributed by atoms with Gasteiger partial charge in [-0.15, -0.1) is 0 Å². The molecule has 0 unspecified atom stereocenters. The Morgan fingerprint density at radius 3 is 2.73 bits per heavy atom. The second-order valence-corrected chi connectivity index (χ2v) is 8.13. The molecule has 30 heavy (non-hydrogen) atoms. The Balaban J connectivity index is 1.61.